The zero-order valence-corrected chi connectivity index (χ0v) is 21.0. The number of aryl methyl sites for hydroxylation is 1. The lowest BCUT2D eigenvalue weighted by Gasteiger charge is -2.19. The maximum atomic E-state index is 12.9. The first-order valence-electron chi connectivity index (χ1n) is 11.6. The maximum absolute atomic E-state index is 12.9. The summed E-state index contributed by atoms with van der Waals surface area (Å²) in [7, 11) is -3.60. The molecule has 0 amide bonds. The first kappa shape index (κ1) is 23.6. The second-order valence-corrected chi connectivity index (χ2v) is 11.0. The molecule has 1 unspecified atom stereocenters. The molecule has 4 aromatic rings. The van der Waals surface area contributed by atoms with Gasteiger partial charge in [-0.2, -0.15) is 0 Å². The third kappa shape index (κ3) is 4.83. The van der Waals surface area contributed by atoms with Gasteiger partial charge in [-0.15, -0.1) is 0 Å². The topological polar surface area (TPSA) is 46.2 Å². The Labute approximate surface area is 212 Å². The van der Waals surface area contributed by atoms with Gasteiger partial charge < -0.3 is 0 Å². The van der Waals surface area contributed by atoms with Crippen LogP contribution in [0.5, 0.6) is 0 Å². The van der Waals surface area contributed by atoms with Gasteiger partial charge in [0.2, 0.25) is 10.0 Å². The van der Waals surface area contributed by atoms with Crippen molar-refractivity contribution >= 4 is 27.2 Å². The molecule has 35 heavy (non-hydrogen) atoms. The largest absolute Gasteiger partial charge is 0.240 e. The summed E-state index contributed by atoms with van der Waals surface area (Å²) < 4.78 is 28.7. The zero-order valence-electron chi connectivity index (χ0n) is 19.4. The molecule has 0 saturated carbocycles. The van der Waals surface area contributed by atoms with Crippen molar-refractivity contribution in [3.05, 3.63) is 142 Å². The Morgan fingerprint density at radius 3 is 2.17 bits per heavy atom. The van der Waals surface area contributed by atoms with E-state index in [1.165, 1.54) is 22.3 Å². The minimum Gasteiger partial charge on any atom is -0.211 e. The highest BCUT2D eigenvalue weighted by molar-refractivity contribution is 7.89. The van der Waals surface area contributed by atoms with Gasteiger partial charge in [0.1, 0.15) is 0 Å². The quantitative estimate of drug-likeness (QED) is 0.298. The summed E-state index contributed by atoms with van der Waals surface area (Å²) in [5.74, 6) is 0.0301. The van der Waals surface area contributed by atoms with Gasteiger partial charge in [-0.05, 0) is 71.0 Å². The molecule has 1 N–H and O–H groups in total. The Morgan fingerprint density at radius 2 is 1.46 bits per heavy atom. The van der Waals surface area contributed by atoms with Crippen molar-refractivity contribution in [1.29, 1.82) is 0 Å². The van der Waals surface area contributed by atoms with E-state index >= 15 is 0 Å². The van der Waals surface area contributed by atoms with E-state index in [0.717, 1.165) is 16.7 Å². The maximum Gasteiger partial charge on any atom is 0.240 e. The van der Waals surface area contributed by atoms with Crippen LogP contribution in [0.15, 0.2) is 114 Å². The smallest absolute Gasteiger partial charge is 0.211 e. The van der Waals surface area contributed by atoms with Crippen LogP contribution in [0.2, 0.25) is 5.02 Å². The van der Waals surface area contributed by atoms with E-state index in [2.05, 4.69) is 53.3 Å². The number of halogens is 1. The van der Waals surface area contributed by atoms with E-state index < -0.39 is 10.0 Å². The summed E-state index contributed by atoms with van der Waals surface area (Å²) in [5, 5.41) is 0.694. The van der Waals surface area contributed by atoms with E-state index in [9.17, 15) is 8.42 Å². The lowest BCUT2D eigenvalue weighted by atomic mass is 9.86. The van der Waals surface area contributed by atoms with Gasteiger partial charge in [0.05, 0.1) is 4.90 Å². The highest BCUT2D eigenvalue weighted by Gasteiger charge is 2.32. The summed E-state index contributed by atoms with van der Waals surface area (Å²) >= 11 is 6.19. The van der Waals surface area contributed by atoms with Crippen LogP contribution in [0.25, 0.3) is 5.57 Å². The predicted octanol–water partition coefficient (Wildman–Crippen LogP) is 6.96. The molecule has 0 spiro atoms. The van der Waals surface area contributed by atoms with Gasteiger partial charge in [-0.1, -0.05) is 96.0 Å². The molecule has 5 heteroatoms. The SMILES string of the molecule is Cc1ccc(S(=O)(=O)NCCC2=C(c3ccccc3)c3ccccc3C2c2ccc(Cl)cc2)cc1. The van der Waals surface area contributed by atoms with Crippen LogP contribution in [0.1, 0.15) is 40.2 Å². The molecule has 0 radical (unpaired) electrons. The van der Waals surface area contributed by atoms with E-state index in [4.69, 9.17) is 11.6 Å². The highest BCUT2D eigenvalue weighted by Crippen LogP contribution is 2.49. The molecule has 0 heterocycles. The average Bonchev–Trinajstić information content (AvgIpc) is 3.19. The van der Waals surface area contributed by atoms with E-state index in [-0.39, 0.29) is 10.8 Å². The van der Waals surface area contributed by atoms with Gasteiger partial charge >= 0.3 is 0 Å². The summed E-state index contributed by atoms with van der Waals surface area (Å²) in [5.41, 5.74) is 8.09. The molecule has 176 valence electrons. The Hall–Kier alpha value is -3.18. The number of rotatable bonds is 7. The van der Waals surface area contributed by atoms with Crippen molar-refractivity contribution in [3.63, 3.8) is 0 Å². The van der Waals surface area contributed by atoms with E-state index in [1.54, 1.807) is 12.1 Å². The van der Waals surface area contributed by atoms with Crippen LogP contribution in [0, 0.1) is 6.92 Å². The molecule has 1 aliphatic carbocycles. The predicted molar refractivity (Wildman–Crippen MR) is 143 cm³/mol. The number of sulfonamides is 1. The minimum atomic E-state index is -3.60. The fourth-order valence-corrected chi connectivity index (χ4v) is 6.01. The Bertz CT molecular complexity index is 1480. The second-order valence-electron chi connectivity index (χ2n) is 8.80. The van der Waals surface area contributed by atoms with Crippen molar-refractivity contribution in [2.24, 2.45) is 0 Å². The molecule has 3 nitrogen and oxygen atoms in total. The van der Waals surface area contributed by atoms with Crippen molar-refractivity contribution in [1.82, 2.24) is 4.72 Å². The highest BCUT2D eigenvalue weighted by atomic mass is 35.5. The van der Waals surface area contributed by atoms with Crippen LogP contribution in [0.3, 0.4) is 0 Å². The fourth-order valence-electron chi connectivity index (χ4n) is 4.85. The van der Waals surface area contributed by atoms with Crippen molar-refractivity contribution < 1.29 is 8.42 Å². The molecular weight excluding hydrogens is 474 g/mol. The molecule has 1 aliphatic rings. The average molecular weight is 500 g/mol. The van der Waals surface area contributed by atoms with Gasteiger partial charge in [0.25, 0.3) is 0 Å². The first-order chi connectivity index (χ1) is 16.9. The molecule has 1 atom stereocenters. The van der Waals surface area contributed by atoms with E-state index in [1.807, 2.05) is 49.4 Å². The van der Waals surface area contributed by atoms with Gasteiger partial charge in [-0.3, -0.25) is 0 Å². The minimum absolute atomic E-state index is 0.0301. The molecule has 0 bridgehead atoms. The molecule has 5 rings (SSSR count). The normalized spacial score (nSPS) is 15.3. The lowest BCUT2D eigenvalue weighted by Crippen LogP contribution is -2.25. The lowest BCUT2D eigenvalue weighted by molar-refractivity contribution is 0.581. The summed E-state index contributed by atoms with van der Waals surface area (Å²) in [6.07, 6.45) is 0.581. The summed E-state index contributed by atoms with van der Waals surface area (Å²) in [4.78, 5) is 0.282. The number of hydrogen-bond donors (Lipinski definition) is 1. The molecule has 4 aromatic carbocycles. The first-order valence-corrected chi connectivity index (χ1v) is 13.5. The van der Waals surface area contributed by atoms with Crippen LogP contribution in [-0.4, -0.2) is 15.0 Å². The monoisotopic (exact) mass is 499 g/mol. The Kier molecular flexibility index (Phi) is 6.61. The third-order valence-corrected chi connectivity index (χ3v) is 8.22. The fraction of sp³-hybridized carbons (Fsp3) is 0.133. The van der Waals surface area contributed by atoms with E-state index in [0.29, 0.717) is 18.0 Å². The second kappa shape index (κ2) is 9.82. The van der Waals surface area contributed by atoms with Gasteiger partial charge in [0.15, 0.2) is 0 Å². The molecule has 0 fully saturated rings. The van der Waals surface area contributed by atoms with Crippen LogP contribution >= 0.6 is 11.6 Å². The van der Waals surface area contributed by atoms with Gasteiger partial charge in [0, 0.05) is 17.5 Å². The molecule has 0 aliphatic heterocycles. The molecule has 0 aromatic heterocycles. The van der Waals surface area contributed by atoms with Crippen molar-refractivity contribution in [2.75, 3.05) is 6.54 Å². The van der Waals surface area contributed by atoms with Crippen LogP contribution in [-0.2, 0) is 10.0 Å². The Morgan fingerprint density at radius 1 is 0.800 bits per heavy atom. The number of fused-ring (bicyclic) bond motifs is 1. The van der Waals surface area contributed by atoms with Crippen molar-refractivity contribution in [3.8, 4) is 0 Å². The summed E-state index contributed by atoms with van der Waals surface area (Å²) in [6, 6.07) is 33.7. The Balaban J connectivity index is 1.54. The molecule has 0 saturated heterocycles. The zero-order chi connectivity index (χ0) is 24.4. The summed E-state index contributed by atoms with van der Waals surface area (Å²) in [6.45, 7) is 2.25. The standard InChI is InChI=1S/C30H26ClNO2S/c1-21-11-17-25(18-12-21)35(33,34)32-20-19-28-29(22-7-3-2-4-8-22)26-9-5-6-10-27(26)30(28)23-13-15-24(31)16-14-23/h2-18,30,32H,19-20H2,1H3. The van der Waals surface area contributed by atoms with Crippen molar-refractivity contribution in [2.45, 2.75) is 24.2 Å². The number of benzene rings is 4. The number of hydrogen-bond acceptors (Lipinski definition) is 2. The van der Waals surface area contributed by atoms with Gasteiger partial charge in [-0.25, -0.2) is 13.1 Å². The van der Waals surface area contributed by atoms with Crippen LogP contribution < -0.4 is 4.72 Å². The van der Waals surface area contributed by atoms with Crippen LogP contribution in [0.4, 0.5) is 0 Å². The molecular formula is C30H26ClNO2S. The number of nitrogens with one attached hydrogen (secondary N) is 1. The third-order valence-electron chi connectivity index (χ3n) is 6.49.